The van der Waals surface area contributed by atoms with Crippen LogP contribution in [0, 0.1) is 5.92 Å². The van der Waals surface area contributed by atoms with Crippen molar-refractivity contribution in [2.45, 2.75) is 19.4 Å². The van der Waals surface area contributed by atoms with Crippen LogP contribution in [0.3, 0.4) is 0 Å². The third-order valence-corrected chi connectivity index (χ3v) is 4.51. The average Bonchev–Trinajstić information content (AvgIpc) is 2.37. The molecule has 1 aromatic heterocycles. The molecule has 0 aromatic carbocycles. The SMILES string of the molecule is CC1C2CCN(c3cc(C(N)=O)ccn3)CCN1C2. The molecule has 0 radical (unpaired) electrons. The summed E-state index contributed by atoms with van der Waals surface area (Å²) in [6.45, 7) is 6.60. The van der Waals surface area contributed by atoms with E-state index >= 15 is 0 Å². The van der Waals surface area contributed by atoms with Crippen LogP contribution in [0.4, 0.5) is 5.82 Å². The Hall–Kier alpha value is -1.62. The van der Waals surface area contributed by atoms with Gasteiger partial charge in [0.25, 0.3) is 0 Å². The number of fused-ring (bicyclic) bond motifs is 4. The summed E-state index contributed by atoms with van der Waals surface area (Å²) >= 11 is 0. The lowest BCUT2D eigenvalue weighted by molar-refractivity contribution is 0.0186. The van der Waals surface area contributed by atoms with E-state index in [0.29, 0.717) is 5.56 Å². The van der Waals surface area contributed by atoms with Crippen molar-refractivity contribution in [1.82, 2.24) is 9.88 Å². The molecule has 0 aliphatic carbocycles. The van der Waals surface area contributed by atoms with Gasteiger partial charge < -0.3 is 10.6 Å². The Labute approximate surface area is 113 Å². The molecule has 4 heterocycles. The number of carbonyl (C=O) groups excluding carboxylic acids is 1. The number of hydrogen-bond donors (Lipinski definition) is 1. The number of nitrogens with two attached hydrogens (primary N) is 1. The van der Waals surface area contributed by atoms with Crippen molar-refractivity contribution in [1.29, 1.82) is 0 Å². The summed E-state index contributed by atoms with van der Waals surface area (Å²) < 4.78 is 0. The van der Waals surface area contributed by atoms with Gasteiger partial charge in [0.2, 0.25) is 5.91 Å². The molecule has 0 spiro atoms. The fourth-order valence-electron chi connectivity index (χ4n) is 3.06. The monoisotopic (exact) mass is 260 g/mol. The van der Waals surface area contributed by atoms with Crippen LogP contribution >= 0.6 is 0 Å². The van der Waals surface area contributed by atoms with Crippen LogP contribution < -0.4 is 10.6 Å². The predicted octanol–water partition coefficient (Wildman–Crippen LogP) is 0.711. The van der Waals surface area contributed by atoms with E-state index in [4.69, 9.17) is 5.73 Å². The number of pyridine rings is 1. The summed E-state index contributed by atoms with van der Waals surface area (Å²) in [6.07, 6.45) is 2.86. The van der Waals surface area contributed by atoms with E-state index in [0.717, 1.165) is 37.4 Å². The van der Waals surface area contributed by atoms with Crippen LogP contribution in [0.1, 0.15) is 23.7 Å². The molecule has 3 aliphatic rings. The van der Waals surface area contributed by atoms with Crippen LogP contribution in [0.2, 0.25) is 0 Å². The highest BCUT2D eigenvalue weighted by Crippen LogP contribution is 2.30. The van der Waals surface area contributed by atoms with Gasteiger partial charge in [0.05, 0.1) is 0 Å². The number of aromatic nitrogens is 1. The molecule has 1 aromatic rings. The fourth-order valence-corrected chi connectivity index (χ4v) is 3.06. The Balaban J connectivity index is 1.75. The van der Waals surface area contributed by atoms with Crippen molar-refractivity contribution >= 4 is 11.7 Å². The number of amides is 1. The predicted molar refractivity (Wildman–Crippen MR) is 74.1 cm³/mol. The first-order chi connectivity index (χ1) is 9.15. The Morgan fingerprint density at radius 3 is 3.00 bits per heavy atom. The Morgan fingerprint density at radius 1 is 1.42 bits per heavy atom. The first kappa shape index (κ1) is 12.4. The van der Waals surface area contributed by atoms with Gasteiger partial charge in [-0.25, -0.2) is 4.98 Å². The lowest BCUT2D eigenvalue weighted by Gasteiger charge is -2.50. The summed E-state index contributed by atoms with van der Waals surface area (Å²) in [5.74, 6) is 1.28. The quantitative estimate of drug-likeness (QED) is 0.850. The first-order valence-corrected chi connectivity index (χ1v) is 6.90. The van der Waals surface area contributed by atoms with Gasteiger partial charge in [0.15, 0.2) is 0 Å². The molecule has 3 aliphatic heterocycles. The van der Waals surface area contributed by atoms with Gasteiger partial charge >= 0.3 is 0 Å². The van der Waals surface area contributed by atoms with Gasteiger partial charge in [-0.05, 0) is 31.4 Å². The molecule has 5 heteroatoms. The van der Waals surface area contributed by atoms with E-state index in [1.165, 1.54) is 13.0 Å². The highest BCUT2D eigenvalue weighted by Gasteiger charge is 2.36. The van der Waals surface area contributed by atoms with E-state index < -0.39 is 5.91 Å². The Kier molecular flexibility index (Phi) is 3.14. The molecule has 3 fully saturated rings. The summed E-state index contributed by atoms with van der Waals surface area (Å²) in [4.78, 5) is 20.4. The smallest absolute Gasteiger partial charge is 0.248 e. The molecular weight excluding hydrogens is 240 g/mol. The molecule has 0 saturated carbocycles. The van der Waals surface area contributed by atoms with Gasteiger partial charge in [-0.2, -0.15) is 0 Å². The second-order valence-electron chi connectivity index (χ2n) is 5.54. The maximum atomic E-state index is 11.2. The number of nitrogens with zero attached hydrogens (tertiary/aromatic N) is 3. The molecule has 2 bridgehead atoms. The van der Waals surface area contributed by atoms with Crippen molar-refractivity contribution in [3.63, 3.8) is 0 Å². The van der Waals surface area contributed by atoms with E-state index in [9.17, 15) is 4.79 Å². The van der Waals surface area contributed by atoms with Crippen LogP contribution in [0.15, 0.2) is 18.3 Å². The minimum atomic E-state index is -0.393. The van der Waals surface area contributed by atoms with Crippen LogP contribution in [-0.4, -0.2) is 48.0 Å². The number of hydrogen-bond acceptors (Lipinski definition) is 4. The lowest BCUT2D eigenvalue weighted by Crippen LogP contribution is -2.59. The largest absolute Gasteiger partial charge is 0.366 e. The molecule has 102 valence electrons. The lowest BCUT2D eigenvalue weighted by atomic mass is 9.86. The second kappa shape index (κ2) is 4.81. The summed E-state index contributed by atoms with van der Waals surface area (Å²) in [5, 5.41) is 0. The van der Waals surface area contributed by atoms with Crippen molar-refractivity contribution < 1.29 is 4.79 Å². The van der Waals surface area contributed by atoms with Gasteiger partial charge in [-0.3, -0.25) is 9.69 Å². The Morgan fingerprint density at radius 2 is 2.26 bits per heavy atom. The van der Waals surface area contributed by atoms with Crippen molar-refractivity contribution in [3.8, 4) is 0 Å². The fraction of sp³-hybridized carbons (Fsp3) is 0.571. The summed E-state index contributed by atoms with van der Waals surface area (Å²) in [7, 11) is 0. The van der Waals surface area contributed by atoms with Crippen molar-refractivity contribution in [2.24, 2.45) is 11.7 Å². The standard InChI is InChI=1S/C14H20N4O/c1-10-12-3-5-17(6-7-18(10)9-12)13-8-11(14(15)19)2-4-16-13/h2,4,8,10,12H,3,5-7,9H2,1H3,(H2,15,19). The van der Waals surface area contributed by atoms with Crippen molar-refractivity contribution in [3.05, 3.63) is 23.9 Å². The number of primary amides is 1. The highest BCUT2D eigenvalue weighted by molar-refractivity contribution is 5.93. The molecule has 5 nitrogen and oxygen atoms in total. The first-order valence-electron chi connectivity index (χ1n) is 6.90. The minimum Gasteiger partial charge on any atom is -0.366 e. The number of carbonyl (C=O) groups is 1. The minimum absolute atomic E-state index is 0.393. The molecule has 2 N–H and O–H groups in total. The zero-order chi connectivity index (χ0) is 13.4. The van der Waals surface area contributed by atoms with Crippen LogP contribution in [0.25, 0.3) is 0 Å². The van der Waals surface area contributed by atoms with E-state index in [-0.39, 0.29) is 0 Å². The molecule has 3 unspecified atom stereocenters. The topological polar surface area (TPSA) is 62.5 Å². The number of anilines is 1. The van der Waals surface area contributed by atoms with Crippen LogP contribution in [0.5, 0.6) is 0 Å². The maximum absolute atomic E-state index is 11.2. The molecule has 3 saturated heterocycles. The molecule has 1 amide bonds. The molecule has 19 heavy (non-hydrogen) atoms. The summed E-state index contributed by atoms with van der Waals surface area (Å²) in [6, 6.07) is 4.19. The van der Waals surface area contributed by atoms with Gasteiger partial charge in [0.1, 0.15) is 5.82 Å². The van der Waals surface area contributed by atoms with Gasteiger partial charge in [0, 0.05) is 44.0 Å². The van der Waals surface area contributed by atoms with Crippen molar-refractivity contribution in [2.75, 3.05) is 31.1 Å². The van der Waals surface area contributed by atoms with E-state index in [1.54, 1.807) is 18.3 Å². The highest BCUT2D eigenvalue weighted by atomic mass is 16.1. The Bertz CT molecular complexity index is 476. The van der Waals surface area contributed by atoms with Gasteiger partial charge in [-0.1, -0.05) is 0 Å². The maximum Gasteiger partial charge on any atom is 0.248 e. The second-order valence-corrected chi connectivity index (χ2v) is 5.54. The molecular formula is C14H20N4O. The van der Waals surface area contributed by atoms with Crippen LogP contribution in [-0.2, 0) is 0 Å². The third-order valence-electron chi connectivity index (χ3n) is 4.51. The van der Waals surface area contributed by atoms with E-state index in [2.05, 4.69) is 21.7 Å². The van der Waals surface area contributed by atoms with Gasteiger partial charge in [-0.15, -0.1) is 0 Å². The number of rotatable bonds is 2. The summed E-state index contributed by atoms with van der Waals surface area (Å²) in [5.41, 5.74) is 5.86. The normalized spacial score (nSPS) is 30.2. The molecule has 3 atom stereocenters. The van der Waals surface area contributed by atoms with E-state index in [1.807, 2.05) is 0 Å². The zero-order valence-electron chi connectivity index (χ0n) is 11.2. The third kappa shape index (κ3) is 2.30. The average molecular weight is 260 g/mol. The molecule has 4 rings (SSSR count). The zero-order valence-corrected chi connectivity index (χ0v) is 11.2.